The molecule has 0 saturated carbocycles. The summed E-state index contributed by atoms with van der Waals surface area (Å²) in [5.41, 5.74) is 1.18. The van der Waals surface area contributed by atoms with Gasteiger partial charge in [0.15, 0.2) is 11.6 Å². The van der Waals surface area contributed by atoms with E-state index < -0.39 is 0 Å². The largest absolute Gasteiger partial charge is 1.00 e. The van der Waals surface area contributed by atoms with Gasteiger partial charge in [0.25, 0.3) is 0 Å². The zero-order valence-corrected chi connectivity index (χ0v) is 74.1. The van der Waals surface area contributed by atoms with Crippen LogP contribution in [0.4, 0.5) is 0 Å². The fourth-order valence-corrected chi connectivity index (χ4v) is 12.0. The van der Waals surface area contributed by atoms with Gasteiger partial charge in [0, 0.05) is 37.3 Å². The van der Waals surface area contributed by atoms with Gasteiger partial charge in [0.2, 0.25) is 0 Å². The van der Waals surface area contributed by atoms with Crippen LogP contribution in [0.15, 0.2) is 49.6 Å². The van der Waals surface area contributed by atoms with Crippen molar-refractivity contribution < 1.29 is 115 Å². The van der Waals surface area contributed by atoms with Gasteiger partial charge in [0.1, 0.15) is 0 Å². The summed E-state index contributed by atoms with van der Waals surface area (Å²) in [6, 6.07) is 0. The van der Waals surface area contributed by atoms with E-state index in [4.69, 9.17) is 9.47 Å². The molecule has 0 heterocycles. The number of carbonyl (C=O) groups is 4. The van der Waals surface area contributed by atoms with Crippen molar-refractivity contribution in [2.24, 2.45) is 0 Å². The molecule has 0 N–H and O–H groups in total. The van der Waals surface area contributed by atoms with Gasteiger partial charge in [-0.2, -0.15) is 0 Å². The standard InChI is InChI=1S/C22H44NO.C21H42NO2.C21H42NO.C20H40NO2.4BrH/c1-6-7-8-9-10-11-12-13-14-16-19-23(4,5)20-17-15-18-22(24)21(2)3;1-6-7-8-9-10-11-12-13-14-15-17-22(4,5)18-16-19-24-21(23)20(2)3;1-5-7-8-9-10-11-12-13-14-16-19-22(3,4)20-17-15-18-21(23)6-2;1-5-7-8-9-10-11-12-13-14-15-17-21(3,4)18-16-19-23-20(22)6-2;;;;/h2,6-20H2,1,3-5H3;2,6-19H2,1,3-5H3;6H,2,5,7-20H2,1,3-4H3;6H,2,5,7-19H2,1,3-4H3;4*1H/q4*+1;;;;/p-4. The maximum absolute atomic E-state index is 11.5. The van der Waals surface area contributed by atoms with Crippen molar-refractivity contribution in [2.45, 2.75) is 350 Å². The topological polar surface area (TPSA) is 86.7 Å². The zero-order chi connectivity index (χ0) is 71.3. The normalized spacial score (nSPS) is 11.1. The van der Waals surface area contributed by atoms with Gasteiger partial charge in [-0.25, -0.2) is 9.59 Å². The predicted molar refractivity (Wildman–Crippen MR) is 414 cm³/mol. The van der Waals surface area contributed by atoms with Gasteiger partial charge in [0.05, 0.1) is 122 Å². The molecule has 0 saturated heterocycles. The first-order valence-electron chi connectivity index (χ1n) is 40.0. The molecule has 0 aliphatic carbocycles. The molecule has 10 nitrogen and oxygen atoms in total. The van der Waals surface area contributed by atoms with Gasteiger partial charge in [-0.15, -0.1) is 0 Å². The van der Waals surface area contributed by atoms with Crippen molar-refractivity contribution in [1.29, 1.82) is 0 Å². The molecule has 98 heavy (non-hydrogen) atoms. The van der Waals surface area contributed by atoms with E-state index in [9.17, 15) is 19.2 Å². The third kappa shape index (κ3) is 93.0. The quantitative estimate of drug-likeness (QED) is 0.0261. The summed E-state index contributed by atoms with van der Waals surface area (Å²) in [4.78, 5) is 45.0. The Morgan fingerprint density at radius 2 is 0.500 bits per heavy atom. The molecule has 0 aliphatic rings. The van der Waals surface area contributed by atoms with E-state index in [1.807, 2.05) is 6.92 Å². The third-order valence-corrected chi connectivity index (χ3v) is 18.8. The predicted octanol–water partition coefficient (Wildman–Crippen LogP) is 10.8. The molecule has 0 amide bonds. The lowest BCUT2D eigenvalue weighted by Gasteiger charge is -2.30. The highest BCUT2D eigenvalue weighted by Gasteiger charge is 2.18. The Labute approximate surface area is 654 Å². The van der Waals surface area contributed by atoms with E-state index >= 15 is 0 Å². The fraction of sp³-hybridized carbons (Fsp3) is 0.857. The molecular weight excluding hydrogens is 1480 g/mol. The number of carbonyl (C=O) groups excluding carboxylic acids is 4. The lowest BCUT2D eigenvalue weighted by Crippen LogP contribution is -3.00. The van der Waals surface area contributed by atoms with Gasteiger partial charge < -0.3 is 95.3 Å². The highest BCUT2D eigenvalue weighted by atomic mass is 79.9. The number of ether oxygens (including phenoxy) is 2. The van der Waals surface area contributed by atoms with Crippen LogP contribution in [0.1, 0.15) is 350 Å². The van der Waals surface area contributed by atoms with Crippen LogP contribution in [0.5, 0.6) is 0 Å². The molecular formula is C84H168Br4N4O6. The number of ketones is 2. The molecule has 0 aromatic rings. The Kier molecular flexibility index (Phi) is 94.0. The van der Waals surface area contributed by atoms with E-state index in [0.29, 0.717) is 37.2 Å². The number of hydrogen-bond acceptors (Lipinski definition) is 6. The van der Waals surface area contributed by atoms with Crippen molar-refractivity contribution in [1.82, 2.24) is 0 Å². The van der Waals surface area contributed by atoms with E-state index in [1.165, 1.54) is 308 Å². The van der Waals surface area contributed by atoms with Crippen LogP contribution in [0, 0.1) is 0 Å². The Morgan fingerprint density at radius 1 is 0.286 bits per heavy atom. The molecule has 588 valence electrons. The van der Waals surface area contributed by atoms with Gasteiger partial charge in [-0.05, 0) is 103 Å². The van der Waals surface area contributed by atoms with Crippen LogP contribution in [0.3, 0.4) is 0 Å². The first-order valence-corrected chi connectivity index (χ1v) is 40.0. The number of unbranched alkanes of at least 4 members (excludes halogenated alkanes) is 38. The van der Waals surface area contributed by atoms with Crippen molar-refractivity contribution in [3.8, 4) is 0 Å². The monoisotopic (exact) mass is 1640 g/mol. The minimum Gasteiger partial charge on any atom is -1.00 e. The smallest absolute Gasteiger partial charge is 0.333 e. The van der Waals surface area contributed by atoms with Crippen LogP contribution < -0.4 is 67.9 Å². The van der Waals surface area contributed by atoms with E-state index in [0.717, 1.165) is 69.5 Å². The molecule has 0 aromatic carbocycles. The van der Waals surface area contributed by atoms with Crippen molar-refractivity contribution in [3.63, 3.8) is 0 Å². The number of quaternary nitrogens is 4. The Hall–Kier alpha value is -1.00. The highest BCUT2D eigenvalue weighted by molar-refractivity contribution is 5.94. The second-order valence-corrected chi connectivity index (χ2v) is 31.0. The third-order valence-electron chi connectivity index (χ3n) is 18.8. The Balaban J connectivity index is -0.000000181. The number of halogens is 4. The Morgan fingerprint density at radius 3 is 0.724 bits per heavy atom. The summed E-state index contributed by atoms with van der Waals surface area (Å²) < 4.78 is 14.4. The molecule has 0 atom stereocenters. The molecule has 0 radical (unpaired) electrons. The van der Waals surface area contributed by atoms with Crippen molar-refractivity contribution >= 4 is 23.5 Å². The number of Topliss-reactive ketones (excluding diaryl/α,β-unsaturated/α-hetero) is 1. The summed E-state index contributed by atoms with van der Waals surface area (Å²) in [5, 5.41) is 0. The maximum Gasteiger partial charge on any atom is 0.333 e. The molecule has 0 unspecified atom stereocenters. The molecule has 0 rings (SSSR count). The first-order chi connectivity index (χ1) is 44.8. The van der Waals surface area contributed by atoms with Gasteiger partial charge in [-0.3, -0.25) is 9.59 Å². The second-order valence-electron chi connectivity index (χ2n) is 31.0. The lowest BCUT2D eigenvalue weighted by atomic mass is 10.1. The summed E-state index contributed by atoms with van der Waals surface area (Å²) in [7, 11) is 18.4. The molecule has 0 fully saturated rings. The number of rotatable bonds is 66. The van der Waals surface area contributed by atoms with Crippen molar-refractivity contribution in [2.75, 3.05) is 122 Å². The second kappa shape index (κ2) is 81.7. The van der Waals surface area contributed by atoms with Crippen LogP contribution >= 0.6 is 0 Å². The van der Waals surface area contributed by atoms with E-state index in [-0.39, 0.29) is 91.4 Å². The zero-order valence-electron chi connectivity index (χ0n) is 67.7. The number of nitrogens with zero attached hydrogens (tertiary/aromatic N) is 4. The van der Waals surface area contributed by atoms with E-state index in [1.54, 1.807) is 6.92 Å². The average molecular weight is 1650 g/mol. The van der Waals surface area contributed by atoms with E-state index in [2.05, 4.69) is 110 Å². The number of allylic oxidation sites excluding steroid dienone is 2. The Bertz CT molecular complexity index is 1670. The fourth-order valence-electron chi connectivity index (χ4n) is 12.0. The van der Waals surface area contributed by atoms with Crippen molar-refractivity contribution in [3.05, 3.63) is 49.6 Å². The molecule has 0 aromatic heterocycles. The van der Waals surface area contributed by atoms with Gasteiger partial charge >= 0.3 is 11.9 Å². The summed E-state index contributed by atoms with van der Waals surface area (Å²) in [6.07, 6.45) is 65.9. The van der Waals surface area contributed by atoms with Crippen LogP contribution in [0.2, 0.25) is 0 Å². The minimum atomic E-state index is -0.315. The minimum absolute atomic E-state index is 0. The van der Waals surface area contributed by atoms with Crippen LogP contribution in [-0.4, -0.2) is 163 Å². The van der Waals surface area contributed by atoms with Gasteiger partial charge in [-0.1, -0.05) is 259 Å². The molecule has 14 heteroatoms. The van der Waals surface area contributed by atoms with Crippen LogP contribution in [0.25, 0.3) is 0 Å². The lowest BCUT2D eigenvalue weighted by molar-refractivity contribution is -0.890. The van der Waals surface area contributed by atoms with Crippen LogP contribution in [-0.2, 0) is 28.7 Å². The average Bonchev–Trinajstić information content (AvgIpc) is 1.98. The molecule has 0 spiro atoms. The highest BCUT2D eigenvalue weighted by Crippen LogP contribution is 2.18. The number of esters is 2. The summed E-state index contributed by atoms with van der Waals surface area (Å²) in [5.74, 6) is -0.167. The summed E-state index contributed by atoms with van der Waals surface area (Å²) >= 11 is 0. The maximum atomic E-state index is 11.5. The molecule has 0 aliphatic heterocycles. The number of hydrogen-bond donors (Lipinski definition) is 0. The molecule has 0 bridgehead atoms. The first kappa shape index (κ1) is 113. The SMILES string of the molecule is C=C(C)C(=O)CCCC[N+](C)(C)CCCCCCCCCCCC.C=C(C)C(=O)OCCC[N+](C)(C)CCCCCCCCCCCC.C=CC(=O)CCCC[N+](C)(C)CCCCCCCCCCCC.C=CC(=O)OCCC[N+](C)(C)CCCCCCCCCCCC.[Br-].[Br-].[Br-].[Br-]. The summed E-state index contributed by atoms with van der Waals surface area (Å²) in [6.45, 7) is 37.3.